The molecule has 2 aromatic carbocycles. The van der Waals surface area contributed by atoms with Gasteiger partial charge in [0.2, 0.25) is 11.8 Å². The number of benzene rings is 2. The summed E-state index contributed by atoms with van der Waals surface area (Å²) in [5, 5.41) is 8.85. The number of hydrogen-bond acceptors (Lipinski definition) is 4. The number of carbonyl (C=O) groups is 3. The lowest BCUT2D eigenvalue weighted by Crippen LogP contribution is -2.55. The third-order valence-corrected chi connectivity index (χ3v) is 6.02. The number of hydrogen-bond donors (Lipinski definition) is 3. The topological polar surface area (TPSA) is 93.8 Å². The van der Waals surface area contributed by atoms with E-state index in [1.54, 1.807) is 4.90 Å². The molecule has 4 amide bonds. The molecule has 1 fully saturated rings. The maximum atomic E-state index is 12.7. The van der Waals surface area contributed by atoms with E-state index in [4.69, 9.17) is 11.6 Å². The number of carbonyl (C=O) groups excluding carboxylic acids is 3. The second-order valence-corrected chi connectivity index (χ2v) is 9.03. The number of halogens is 1. The molecule has 1 atom stereocenters. The molecule has 0 bridgehead atoms. The highest BCUT2D eigenvalue weighted by atomic mass is 35.5. The molecule has 0 saturated carbocycles. The van der Waals surface area contributed by atoms with Gasteiger partial charge in [0.05, 0.1) is 6.54 Å². The van der Waals surface area contributed by atoms with Crippen molar-refractivity contribution in [2.75, 3.05) is 37.6 Å². The van der Waals surface area contributed by atoms with Gasteiger partial charge in [0.25, 0.3) is 0 Å². The third kappa shape index (κ3) is 7.38. The van der Waals surface area contributed by atoms with E-state index in [1.807, 2.05) is 68.4 Å². The van der Waals surface area contributed by atoms with Crippen molar-refractivity contribution < 1.29 is 14.4 Å². The molecule has 182 valence electrons. The van der Waals surface area contributed by atoms with E-state index in [9.17, 15) is 14.4 Å². The van der Waals surface area contributed by atoms with Gasteiger partial charge in [-0.15, -0.1) is 0 Å². The Morgan fingerprint density at radius 1 is 0.912 bits per heavy atom. The van der Waals surface area contributed by atoms with Crippen LogP contribution >= 0.6 is 11.6 Å². The molecule has 34 heavy (non-hydrogen) atoms. The summed E-state index contributed by atoms with van der Waals surface area (Å²) in [7, 11) is 0. The van der Waals surface area contributed by atoms with Gasteiger partial charge in [-0.3, -0.25) is 9.59 Å². The van der Waals surface area contributed by atoms with Crippen molar-refractivity contribution >= 4 is 35.1 Å². The molecular weight excluding hydrogens is 454 g/mol. The summed E-state index contributed by atoms with van der Waals surface area (Å²) in [6, 6.07) is 16.0. The van der Waals surface area contributed by atoms with E-state index < -0.39 is 12.1 Å². The first-order valence-corrected chi connectivity index (χ1v) is 11.9. The van der Waals surface area contributed by atoms with Crippen molar-refractivity contribution in [3.05, 3.63) is 65.2 Å². The van der Waals surface area contributed by atoms with Gasteiger partial charge in [0, 0.05) is 43.4 Å². The average Bonchev–Trinajstić information content (AvgIpc) is 2.85. The van der Waals surface area contributed by atoms with Crippen LogP contribution in [0.5, 0.6) is 0 Å². The number of amides is 4. The minimum Gasteiger partial charge on any atom is -0.368 e. The molecule has 2 aromatic rings. The van der Waals surface area contributed by atoms with Crippen LogP contribution in [0.25, 0.3) is 0 Å². The van der Waals surface area contributed by atoms with Crippen LogP contribution in [0.2, 0.25) is 5.02 Å². The minimum absolute atomic E-state index is 0.101. The van der Waals surface area contributed by atoms with E-state index in [1.165, 1.54) is 0 Å². The van der Waals surface area contributed by atoms with E-state index >= 15 is 0 Å². The van der Waals surface area contributed by atoms with Crippen LogP contribution in [0.4, 0.5) is 10.5 Å². The average molecular weight is 486 g/mol. The van der Waals surface area contributed by atoms with Crippen LogP contribution in [0.1, 0.15) is 19.4 Å². The number of rotatable bonds is 8. The molecule has 3 N–H and O–H groups in total. The highest BCUT2D eigenvalue weighted by Crippen LogP contribution is 2.19. The van der Waals surface area contributed by atoms with Gasteiger partial charge in [-0.2, -0.15) is 0 Å². The molecule has 1 heterocycles. The summed E-state index contributed by atoms with van der Waals surface area (Å²) in [4.78, 5) is 41.6. The molecule has 0 aliphatic carbocycles. The molecule has 9 heteroatoms. The largest absolute Gasteiger partial charge is 0.368 e. The lowest BCUT2D eigenvalue weighted by atomic mass is 10.0. The van der Waals surface area contributed by atoms with Gasteiger partial charge in [0.15, 0.2) is 0 Å². The molecule has 1 saturated heterocycles. The van der Waals surface area contributed by atoms with Gasteiger partial charge in [-0.05, 0) is 35.7 Å². The van der Waals surface area contributed by atoms with E-state index in [2.05, 4.69) is 20.9 Å². The smallest absolute Gasteiger partial charge is 0.315 e. The van der Waals surface area contributed by atoms with Gasteiger partial charge in [0.1, 0.15) is 6.04 Å². The van der Waals surface area contributed by atoms with Crippen LogP contribution in [0.3, 0.4) is 0 Å². The van der Waals surface area contributed by atoms with Crippen LogP contribution in [0.15, 0.2) is 54.6 Å². The van der Waals surface area contributed by atoms with Crippen molar-refractivity contribution in [1.29, 1.82) is 0 Å². The van der Waals surface area contributed by atoms with Crippen LogP contribution < -0.4 is 20.9 Å². The summed E-state index contributed by atoms with van der Waals surface area (Å²) in [6.45, 7) is 6.52. The molecular formula is C25H32ClN5O3. The molecule has 0 spiro atoms. The Labute approximate surface area is 205 Å². The Balaban J connectivity index is 1.42. The van der Waals surface area contributed by atoms with Gasteiger partial charge in [-0.1, -0.05) is 55.8 Å². The highest BCUT2D eigenvalue weighted by Gasteiger charge is 2.26. The summed E-state index contributed by atoms with van der Waals surface area (Å²) < 4.78 is 0. The number of nitrogens with zero attached hydrogens (tertiary/aromatic N) is 2. The lowest BCUT2D eigenvalue weighted by Gasteiger charge is -2.36. The first-order valence-electron chi connectivity index (χ1n) is 11.5. The van der Waals surface area contributed by atoms with Gasteiger partial charge >= 0.3 is 6.03 Å². The van der Waals surface area contributed by atoms with Crippen molar-refractivity contribution in [3.63, 3.8) is 0 Å². The number of piperazine rings is 1. The fraction of sp³-hybridized carbons (Fsp3) is 0.400. The third-order valence-electron chi connectivity index (χ3n) is 5.77. The first kappa shape index (κ1) is 25.4. The predicted molar refractivity (Wildman–Crippen MR) is 134 cm³/mol. The van der Waals surface area contributed by atoms with Crippen molar-refractivity contribution in [2.45, 2.75) is 26.4 Å². The second-order valence-electron chi connectivity index (χ2n) is 8.60. The maximum absolute atomic E-state index is 12.7. The van der Waals surface area contributed by atoms with Gasteiger partial charge in [-0.25, -0.2) is 4.79 Å². The molecule has 0 aromatic heterocycles. The molecule has 1 aliphatic rings. The minimum atomic E-state index is -0.745. The zero-order chi connectivity index (χ0) is 24.5. The summed E-state index contributed by atoms with van der Waals surface area (Å²) in [5.74, 6) is -0.654. The van der Waals surface area contributed by atoms with Crippen molar-refractivity contribution in [1.82, 2.24) is 20.9 Å². The number of nitrogens with one attached hydrogen (secondary N) is 3. The lowest BCUT2D eigenvalue weighted by molar-refractivity contribution is -0.133. The Morgan fingerprint density at radius 3 is 2.18 bits per heavy atom. The summed E-state index contributed by atoms with van der Waals surface area (Å²) in [6.07, 6.45) is 0. The number of anilines is 1. The fourth-order valence-corrected chi connectivity index (χ4v) is 3.88. The number of urea groups is 1. The molecule has 0 radical (unpaired) electrons. The predicted octanol–water partition coefficient (Wildman–Crippen LogP) is 2.63. The zero-order valence-electron chi connectivity index (χ0n) is 19.6. The normalized spacial score (nSPS) is 14.5. The second kappa shape index (κ2) is 12.3. The summed E-state index contributed by atoms with van der Waals surface area (Å²) >= 11 is 5.95. The quantitative estimate of drug-likeness (QED) is 0.536. The molecule has 3 rings (SSSR count). The Morgan fingerprint density at radius 2 is 1.56 bits per heavy atom. The maximum Gasteiger partial charge on any atom is 0.315 e. The van der Waals surface area contributed by atoms with Crippen LogP contribution in [-0.4, -0.2) is 61.5 Å². The van der Waals surface area contributed by atoms with Crippen molar-refractivity contribution in [3.8, 4) is 0 Å². The summed E-state index contributed by atoms with van der Waals surface area (Å²) in [5.41, 5.74) is 2.03. The molecule has 8 nitrogen and oxygen atoms in total. The van der Waals surface area contributed by atoms with E-state index in [-0.39, 0.29) is 24.3 Å². The van der Waals surface area contributed by atoms with Crippen LogP contribution in [0, 0.1) is 5.92 Å². The SMILES string of the molecule is CC(C)C(NC(=O)NCc1ccccc1)C(=O)NCC(=O)N1CCN(c2ccc(Cl)cc2)CC1. The molecule has 1 unspecified atom stereocenters. The highest BCUT2D eigenvalue weighted by molar-refractivity contribution is 6.30. The molecule has 1 aliphatic heterocycles. The van der Waals surface area contributed by atoms with Crippen molar-refractivity contribution in [2.24, 2.45) is 5.92 Å². The van der Waals surface area contributed by atoms with E-state index in [0.717, 1.165) is 11.3 Å². The standard InChI is InChI=1S/C25H32ClN5O3/c1-18(2)23(29-25(34)28-16-19-6-4-3-5-7-19)24(33)27-17-22(32)31-14-12-30(13-15-31)21-10-8-20(26)9-11-21/h3-11,18,23H,12-17H2,1-2H3,(H,27,33)(H2,28,29,34). The Bertz CT molecular complexity index is 960. The zero-order valence-corrected chi connectivity index (χ0v) is 20.3. The van der Waals surface area contributed by atoms with Crippen LogP contribution in [-0.2, 0) is 16.1 Å². The first-order chi connectivity index (χ1) is 16.3. The van der Waals surface area contributed by atoms with E-state index in [0.29, 0.717) is 37.7 Å². The monoisotopic (exact) mass is 485 g/mol. The Hall–Kier alpha value is -3.26. The fourth-order valence-electron chi connectivity index (χ4n) is 3.76. The van der Waals surface area contributed by atoms with Gasteiger partial charge < -0.3 is 25.8 Å². The Kier molecular flexibility index (Phi) is 9.16.